The molecule has 1 unspecified atom stereocenters. The van der Waals surface area contributed by atoms with Gasteiger partial charge in [0.25, 0.3) is 11.7 Å². The van der Waals surface area contributed by atoms with Crippen LogP contribution < -0.4 is 9.64 Å². The number of benzene rings is 2. The Morgan fingerprint density at radius 3 is 2.44 bits per heavy atom. The van der Waals surface area contributed by atoms with Gasteiger partial charge in [-0.15, -0.1) is 0 Å². The minimum atomic E-state index is -1.19. The van der Waals surface area contributed by atoms with Gasteiger partial charge < -0.3 is 9.84 Å². The molecule has 162 valence electrons. The first-order valence-corrected chi connectivity index (χ1v) is 9.71. The molecule has 32 heavy (non-hydrogen) atoms. The van der Waals surface area contributed by atoms with E-state index >= 15 is 0 Å². The highest BCUT2D eigenvalue weighted by molar-refractivity contribution is 6.52. The summed E-state index contributed by atoms with van der Waals surface area (Å²) in [6, 6.07) is 9.27. The third-order valence-corrected chi connectivity index (χ3v) is 5.41. The minimum absolute atomic E-state index is 0.0522. The molecule has 6 nitrogen and oxygen atoms in total. The van der Waals surface area contributed by atoms with Gasteiger partial charge in [0.2, 0.25) is 0 Å². The summed E-state index contributed by atoms with van der Waals surface area (Å²) in [5.74, 6) is -4.47. The Hall–Kier alpha value is -3.78. The lowest BCUT2D eigenvalue weighted by Crippen LogP contribution is -2.29. The largest absolute Gasteiger partial charge is 0.507 e. The fraction of sp³-hybridized carbons (Fsp3) is 0.0870. The van der Waals surface area contributed by atoms with Gasteiger partial charge in [0.15, 0.2) is 11.6 Å². The first-order valence-electron chi connectivity index (χ1n) is 9.33. The number of ketones is 1. The van der Waals surface area contributed by atoms with E-state index in [1.165, 1.54) is 37.7 Å². The topological polar surface area (TPSA) is 79.7 Å². The van der Waals surface area contributed by atoms with Gasteiger partial charge in [0.05, 0.1) is 23.7 Å². The van der Waals surface area contributed by atoms with Crippen LogP contribution >= 0.6 is 11.6 Å². The summed E-state index contributed by atoms with van der Waals surface area (Å²) in [5, 5.41) is 11.2. The summed E-state index contributed by atoms with van der Waals surface area (Å²) in [5.41, 5.74) is 0.183. The van der Waals surface area contributed by atoms with Gasteiger partial charge in [-0.2, -0.15) is 0 Å². The molecule has 0 bridgehead atoms. The second-order valence-corrected chi connectivity index (χ2v) is 7.30. The highest BCUT2D eigenvalue weighted by Gasteiger charge is 2.47. The van der Waals surface area contributed by atoms with Gasteiger partial charge in [-0.3, -0.25) is 19.5 Å². The Morgan fingerprint density at radius 1 is 1.06 bits per heavy atom. The van der Waals surface area contributed by atoms with Gasteiger partial charge in [0.1, 0.15) is 11.5 Å². The van der Waals surface area contributed by atoms with E-state index < -0.39 is 35.1 Å². The maximum atomic E-state index is 13.9. The van der Waals surface area contributed by atoms with Crippen molar-refractivity contribution in [1.82, 2.24) is 4.98 Å². The van der Waals surface area contributed by atoms with Crippen molar-refractivity contribution < 1.29 is 28.2 Å². The molecule has 4 rings (SSSR count). The molecule has 0 saturated carbocycles. The molecular formula is C23H15ClF2N2O4. The lowest BCUT2D eigenvalue weighted by molar-refractivity contribution is -0.132. The summed E-state index contributed by atoms with van der Waals surface area (Å²) in [6.45, 7) is 0. The molecule has 2 aromatic carbocycles. The quantitative estimate of drug-likeness (QED) is 0.351. The Morgan fingerprint density at radius 2 is 1.78 bits per heavy atom. The average molecular weight is 457 g/mol. The van der Waals surface area contributed by atoms with Crippen LogP contribution in [0.3, 0.4) is 0 Å². The molecule has 0 aliphatic carbocycles. The Kier molecular flexibility index (Phi) is 5.63. The van der Waals surface area contributed by atoms with E-state index in [0.29, 0.717) is 11.3 Å². The summed E-state index contributed by atoms with van der Waals surface area (Å²) >= 11 is 6.24. The van der Waals surface area contributed by atoms with Crippen LogP contribution in [0.15, 0.2) is 66.5 Å². The number of Topliss-reactive ketones (excluding diaryl/α,β-unsaturated/α-hetero) is 1. The Bertz CT molecular complexity index is 1260. The Labute approximate surface area is 186 Å². The molecule has 1 amide bonds. The van der Waals surface area contributed by atoms with E-state index in [0.717, 1.165) is 17.0 Å². The molecule has 1 atom stereocenters. The third kappa shape index (κ3) is 3.58. The van der Waals surface area contributed by atoms with E-state index in [1.54, 1.807) is 18.2 Å². The molecule has 1 N–H and O–H groups in total. The molecule has 9 heteroatoms. The second-order valence-electron chi connectivity index (χ2n) is 6.89. The fourth-order valence-electron chi connectivity index (χ4n) is 3.55. The number of carbonyl (C=O) groups is 2. The lowest BCUT2D eigenvalue weighted by Gasteiger charge is -2.25. The molecule has 0 radical (unpaired) electrons. The number of aliphatic hydroxyl groups excluding tert-OH is 1. The van der Waals surface area contributed by atoms with Crippen LogP contribution in [-0.4, -0.2) is 28.9 Å². The van der Waals surface area contributed by atoms with Gasteiger partial charge in [-0.25, -0.2) is 8.78 Å². The number of carbonyl (C=O) groups excluding carboxylic acids is 2. The minimum Gasteiger partial charge on any atom is -0.507 e. The predicted molar refractivity (Wildman–Crippen MR) is 113 cm³/mol. The van der Waals surface area contributed by atoms with Crippen LogP contribution in [0.1, 0.15) is 17.2 Å². The highest BCUT2D eigenvalue weighted by Crippen LogP contribution is 2.43. The van der Waals surface area contributed by atoms with Gasteiger partial charge in [-0.1, -0.05) is 11.6 Å². The zero-order valence-electron chi connectivity index (χ0n) is 16.6. The number of nitrogens with zero attached hydrogens (tertiary/aromatic N) is 2. The van der Waals surface area contributed by atoms with Crippen LogP contribution in [0.2, 0.25) is 5.02 Å². The number of anilines is 1. The molecule has 1 aliphatic heterocycles. The number of aromatic nitrogens is 1. The summed E-state index contributed by atoms with van der Waals surface area (Å²) in [6.07, 6.45) is 2.89. The van der Waals surface area contributed by atoms with Gasteiger partial charge in [-0.05, 0) is 48.0 Å². The van der Waals surface area contributed by atoms with Crippen molar-refractivity contribution in [3.05, 3.63) is 94.3 Å². The van der Waals surface area contributed by atoms with Gasteiger partial charge >= 0.3 is 0 Å². The number of hydrogen-bond acceptors (Lipinski definition) is 5. The van der Waals surface area contributed by atoms with Crippen molar-refractivity contribution in [2.45, 2.75) is 6.04 Å². The molecule has 1 aliphatic rings. The van der Waals surface area contributed by atoms with Crippen molar-refractivity contribution in [3.63, 3.8) is 0 Å². The highest BCUT2D eigenvalue weighted by atomic mass is 35.5. The molecule has 2 heterocycles. The third-order valence-electron chi connectivity index (χ3n) is 5.08. The average Bonchev–Trinajstić information content (AvgIpc) is 3.07. The second kappa shape index (κ2) is 8.39. The number of methoxy groups -OCH3 is 1. The fourth-order valence-corrected chi connectivity index (χ4v) is 3.76. The van der Waals surface area contributed by atoms with E-state index in [2.05, 4.69) is 4.98 Å². The predicted octanol–water partition coefficient (Wildman–Crippen LogP) is 4.65. The van der Waals surface area contributed by atoms with E-state index in [1.807, 2.05) is 0 Å². The lowest BCUT2D eigenvalue weighted by atomic mass is 9.95. The number of amides is 1. The number of hydrogen-bond donors (Lipinski definition) is 1. The van der Waals surface area contributed by atoms with Gasteiger partial charge in [0, 0.05) is 29.7 Å². The molecular weight excluding hydrogens is 442 g/mol. The van der Waals surface area contributed by atoms with Crippen LogP contribution in [0, 0.1) is 11.6 Å². The zero-order chi connectivity index (χ0) is 23.0. The number of halogens is 3. The van der Waals surface area contributed by atoms with E-state index in [-0.39, 0.29) is 21.8 Å². The number of pyridine rings is 1. The van der Waals surface area contributed by atoms with Crippen molar-refractivity contribution in [2.24, 2.45) is 0 Å². The molecule has 3 aromatic rings. The molecule has 0 spiro atoms. The van der Waals surface area contributed by atoms with E-state index in [9.17, 15) is 23.5 Å². The van der Waals surface area contributed by atoms with Crippen LogP contribution in [0.4, 0.5) is 14.5 Å². The van der Waals surface area contributed by atoms with Crippen molar-refractivity contribution in [2.75, 3.05) is 12.0 Å². The molecule has 1 saturated heterocycles. The number of ether oxygens (including phenoxy) is 1. The first kappa shape index (κ1) is 21.5. The summed E-state index contributed by atoms with van der Waals surface area (Å²) in [4.78, 5) is 30.9. The maximum absolute atomic E-state index is 13.9. The molecule has 1 fully saturated rings. The standard InChI is InChI=1S/C23H15ClF2N2O4/c1-32-14-3-4-16(24)15(11-14)21(29)19-20(12-6-8-27-9-7-12)28(23(31)22(19)30)13-2-5-17(25)18(26)10-13/h2-11,20,29H,1H3/b21-19+. The Balaban J connectivity index is 1.97. The van der Waals surface area contributed by atoms with Crippen LogP contribution in [-0.2, 0) is 9.59 Å². The first-order chi connectivity index (χ1) is 15.3. The monoisotopic (exact) mass is 456 g/mol. The van der Waals surface area contributed by atoms with E-state index in [4.69, 9.17) is 16.3 Å². The van der Waals surface area contributed by atoms with Crippen molar-refractivity contribution in [1.29, 1.82) is 0 Å². The SMILES string of the molecule is COc1ccc(Cl)c(/C(O)=C2\C(=O)C(=O)N(c3ccc(F)c(F)c3)C2c2ccncc2)c1. The normalized spacial score (nSPS) is 17.6. The summed E-state index contributed by atoms with van der Waals surface area (Å²) < 4.78 is 32.6. The number of rotatable bonds is 4. The van der Waals surface area contributed by atoms with Crippen LogP contribution in [0.5, 0.6) is 5.75 Å². The zero-order valence-corrected chi connectivity index (χ0v) is 17.3. The van der Waals surface area contributed by atoms with Crippen LogP contribution in [0.25, 0.3) is 5.76 Å². The summed E-state index contributed by atoms with van der Waals surface area (Å²) in [7, 11) is 1.42. The number of aliphatic hydroxyl groups is 1. The van der Waals surface area contributed by atoms with Crippen molar-refractivity contribution in [3.8, 4) is 5.75 Å². The smallest absolute Gasteiger partial charge is 0.300 e. The molecule has 1 aromatic heterocycles. The maximum Gasteiger partial charge on any atom is 0.300 e. The van der Waals surface area contributed by atoms with Crippen molar-refractivity contribution >= 4 is 34.7 Å².